The minimum atomic E-state index is 0.0687. The molecule has 2 N–H and O–H groups in total. The van der Waals surface area contributed by atoms with Gasteiger partial charge in [-0.1, -0.05) is 0 Å². The average molecular weight is 362 g/mol. The first kappa shape index (κ1) is 18.9. The van der Waals surface area contributed by atoms with Crippen LogP contribution in [0.4, 0.5) is 0 Å². The van der Waals surface area contributed by atoms with E-state index in [4.69, 9.17) is 4.74 Å². The molecule has 0 radical (unpaired) electrons. The van der Waals surface area contributed by atoms with Crippen LogP contribution in [0.1, 0.15) is 36.2 Å². The first-order chi connectivity index (χ1) is 12.7. The zero-order valence-electron chi connectivity index (χ0n) is 15.6. The van der Waals surface area contributed by atoms with Gasteiger partial charge in [0, 0.05) is 45.5 Å². The molecular weight excluding hydrogens is 332 g/mol. The maximum Gasteiger partial charge on any atom is 0.270 e. The lowest BCUT2D eigenvalue weighted by atomic mass is 9.93. The number of hydrogen-bond donors (Lipinski definition) is 2. The molecule has 144 valence electrons. The number of aromatic amines is 1. The van der Waals surface area contributed by atoms with Crippen LogP contribution in [0.15, 0.2) is 18.3 Å². The second-order valence-electron chi connectivity index (χ2n) is 7.23. The molecule has 7 heteroatoms. The summed E-state index contributed by atoms with van der Waals surface area (Å²) < 4.78 is 4.99. The third-order valence-electron chi connectivity index (χ3n) is 5.53. The topological polar surface area (TPSA) is 77.7 Å². The lowest BCUT2D eigenvalue weighted by molar-refractivity contribution is -0.127. The molecule has 3 heterocycles. The number of aromatic nitrogens is 1. The quantitative estimate of drug-likeness (QED) is 0.743. The molecule has 26 heavy (non-hydrogen) atoms. The van der Waals surface area contributed by atoms with Crippen molar-refractivity contribution in [2.24, 2.45) is 5.92 Å². The second-order valence-corrected chi connectivity index (χ2v) is 7.23. The number of likely N-dealkylation sites (tertiary alicyclic amines) is 2. The van der Waals surface area contributed by atoms with Crippen LogP contribution in [-0.2, 0) is 9.53 Å². The van der Waals surface area contributed by atoms with Crippen molar-refractivity contribution in [3.8, 4) is 0 Å². The number of nitrogens with one attached hydrogen (secondary N) is 2. The molecular formula is C19H30N4O3. The number of hydrogen-bond acceptors (Lipinski definition) is 4. The molecule has 0 aromatic carbocycles. The first-order valence-electron chi connectivity index (χ1n) is 9.62. The maximum absolute atomic E-state index is 12.4. The highest BCUT2D eigenvalue weighted by molar-refractivity contribution is 5.92. The van der Waals surface area contributed by atoms with Gasteiger partial charge in [0.2, 0.25) is 5.91 Å². The predicted octanol–water partition coefficient (Wildman–Crippen LogP) is 1.09. The molecule has 2 aliphatic heterocycles. The molecule has 2 aliphatic rings. The van der Waals surface area contributed by atoms with E-state index >= 15 is 0 Å². The number of ether oxygens (including phenoxy) is 1. The van der Waals surface area contributed by atoms with Crippen LogP contribution >= 0.6 is 0 Å². The van der Waals surface area contributed by atoms with Crippen LogP contribution in [0.25, 0.3) is 0 Å². The van der Waals surface area contributed by atoms with Crippen molar-refractivity contribution in [2.75, 3.05) is 46.4 Å². The predicted molar refractivity (Wildman–Crippen MR) is 98.9 cm³/mol. The van der Waals surface area contributed by atoms with E-state index in [0.717, 1.165) is 51.9 Å². The number of carbonyl (C=O) groups excluding carboxylic acids is 2. The van der Waals surface area contributed by atoms with E-state index in [-0.39, 0.29) is 17.7 Å². The Morgan fingerprint density at radius 3 is 2.77 bits per heavy atom. The van der Waals surface area contributed by atoms with Gasteiger partial charge in [-0.2, -0.15) is 0 Å². The minimum Gasteiger partial charge on any atom is -0.383 e. The summed E-state index contributed by atoms with van der Waals surface area (Å²) in [7, 11) is 1.64. The summed E-state index contributed by atoms with van der Waals surface area (Å²) in [5, 5.41) is 2.97. The van der Waals surface area contributed by atoms with Gasteiger partial charge in [0.25, 0.3) is 5.91 Å². The van der Waals surface area contributed by atoms with Gasteiger partial charge in [-0.05, 0) is 44.4 Å². The summed E-state index contributed by atoms with van der Waals surface area (Å²) in [6.45, 7) is 4.57. The molecule has 0 aliphatic carbocycles. The van der Waals surface area contributed by atoms with Crippen molar-refractivity contribution in [1.82, 2.24) is 20.1 Å². The number of nitrogens with zero attached hydrogens (tertiary/aromatic N) is 2. The Morgan fingerprint density at radius 2 is 2.08 bits per heavy atom. The molecule has 3 rings (SSSR count). The van der Waals surface area contributed by atoms with Crippen LogP contribution in [0.2, 0.25) is 0 Å². The fourth-order valence-corrected chi connectivity index (χ4v) is 4.04. The smallest absolute Gasteiger partial charge is 0.270 e. The third-order valence-corrected chi connectivity index (χ3v) is 5.53. The summed E-state index contributed by atoms with van der Waals surface area (Å²) >= 11 is 0. The Labute approximate surface area is 155 Å². The Morgan fingerprint density at radius 1 is 1.27 bits per heavy atom. The molecule has 0 bridgehead atoms. The Hall–Kier alpha value is -1.86. The normalized spacial score (nSPS) is 22.3. The number of piperidine rings is 2. The molecule has 7 nitrogen and oxygen atoms in total. The van der Waals surface area contributed by atoms with Crippen LogP contribution in [0, 0.1) is 5.92 Å². The van der Waals surface area contributed by atoms with E-state index in [0.29, 0.717) is 24.9 Å². The van der Waals surface area contributed by atoms with E-state index in [1.54, 1.807) is 13.3 Å². The van der Waals surface area contributed by atoms with E-state index in [2.05, 4.69) is 15.2 Å². The second kappa shape index (κ2) is 9.19. The van der Waals surface area contributed by atoms with Crippen LogP contribution < -0.4 is 5.32 Å². The van der Waals surface area contributed by atoms with Gasteiger partial charge in [0.05, 0.1) is 12.5 Å². The molecule has 0 spiro atoms. The highest BCUT2D eigenvalue weighted by Crippen LogP contribution is 2.24. The number of carbonyl (C=O) groups is 2. The van der Waals surface area contributed by atoms with Crippen molar-refractivity contribution in [2.45, 2.75) is 31.7 Å². The fourth-order valence-electron chi connectivity index (χ4n) is 4.04. The van der Waals surface area contributed by atoms with Gasteiger partial charge in [-0.25, -0.2) is 0 Å². The maximum atomic E-state index is 12.4. The van der Waals surface area contributed by atoms with Gasteiger partial charge in [-0.3, -0.25) is 14.5 Å². The number of rotatable bonds is 6. The van der Waals surface area contributed by atoms with Gasteiger partial charge in [-0.15, -0.1) is 0 Å². The van der Waals surface area contributed by atoms with Gasteiger partial charge < -0.3 is 19.9 Å². The Kier molecular flexibility index (Phi) is 6.68. The van der Waals surface area contributed by atoms with E-state index in [1.807, 2.05) is 17.0 Å². The summed E-state index contributed by atoms with van der Waals surface area (Å²) in [5.41, 5.74) is 0.661. The van der Waals surface area contributed by atoms with E-state index < -0.39 is 0 Å². The summed E-state index contributed by atoms with van der Waals surface area (Å²) in [4.78, 5) is 32.1. The molecule has 1 atom stereocenters. The van der Waals surface area contributed by atoms with Crippen LogP contribution in [-0.4, -0.2) is 79.1 Å². The fraction of sp³-hybridized carbons (Fsp3) is 0.684. The number of amides is 2. The molecule has 1 aromatic rings. The highest BCUT2D eigenvalue weighted by Gasteiger charge is 2.32. The van der Waals surface area contributed by atoms with Crippen molar-refractivity contribution in [3.63, 3.8) is 0 Å². The van der Waals surface area contributed by atoms with E-state index in [9.17, 15) is 9.59 Å². The third kappa shape index (κ3) is 4.65. The van der Waals surface area contributed by atoms with E-state index in [1.165, 1.54) is 0 Å². The van der Waals surface area contributed by atoms with Crippen molar-refractivity contribution in [3.05, 3.63) is 24.0 Å². The molecule has 2 saturated heterocycles. The number of H-pyrrole nitrogens is 1. The molecule has 1 aromatic heterocycles. The zero-order chi connectivity index (χ0) is 18.4. The monoisotopic (exact) mass is 362 g/mol. The minimum absolute atomic E-state index is 0.0687. The molecule has 0 unspecified atom stereocenters. The lowest BCUT2D eigenvalue weighted by Gasteiger charge is -2.42. The van der Waals surface area contributed by atoms with Crippen molar-refractivity contribution in [1.29, 1.82) is 0 Å². The lowest BCUT2D eigenvalue weighted by Crippen LogP contribution is -2.51. The van der Waals surface area contributed by atoms with Crippen LogP contribution in [0.5, 0.6) is 0 Å². The Balaban J connectivity index is 1.46. The molecule has 0 saturated carbocycles. The highest BCUT2D eigenvalue weighted by atomic mass is 16.5. The van der Waals surface area contributed by atoms with Gasteiger partial charge in [0.15, 0.2) is 0 Å². The van der Waals surface area contributed by atoms with Crippen LogP contribution in [0.3, 0.4) is 0 Å². The van der Waals surface area contributed by atoms with Gasteiger partial charge >= 0.3 is 0 Å². The molecule has 2 amide bonds. The SMILES string of the molecule is COCCNC(=O)[C@@H]1CCCN(C2CCN(C(=O)c3ccc[nH]3)CC2)C1. The first-order valence-corrected chi connectivity index (χ1v) is 9.62. The standard InChI is InChI=1S/C19H30N4O3/c1-26-13-9-21-18(24)15-4-3-10-23(14-15)16-6-11-22(12-7-16)19(25)17-5-2-8-20-17/h2,5,8,15-16,20H,3-4,6-7,9-14H2,1H3,(H,21,24)/t15-/m1/s1. The Bertz CT molecular complexity index is 582. The van der Waals surface area contributed by atoms with Crippen molar-refractivity contribution < 1.29 is 14.3 Å². The number of methoxy groups -OCH3 is 1. The van der Waals surface area contributed by atoms with Crippen molar-refractivity contribution >= 4 is 11.8 Å². The largest absolute Gasteiger partial charge is 0.383 e. The van der Waals surface area contributed by atoms with Gasteiger partial charge in [0.1, 0.15) is 5.69 Å². The average Bonchev–Trinajstić information content (AvgIpc) is 3.22. The summed E-state index contributed by atoms with van der Waals surface area (Å²) in [5.74, 6) is 0.299. The zero-order valence-corrected chi connectivity index (χ0v) is 15.6. The summed E-state index contributed by atoms with van der Waals surface area (Å²) in [6.07, 6.45) is 5.75. The summed E-state index contributed by atoms with van der Waals surface area (Å²) in [6, 6.07) is 4.15. The molecule has 2 fully saturated rings.